The molecule has 134 valence electrons. The maximum absolute atomic E-state index is 5.83. The zero-order chi connectivity index (χ0) is 18.0. The molecule has 0 aliphatic carbocycles. The summed E-state index contributed by atoms with van der Waals surface area (Å²) >= 11 is 0. The quantitative estimate of drug-likeness (QED) is 0.782. The Labute approximate surface area is 154 Å². The lowest BCUT2D eigenvalue weighted by molar-refractivity contribution is 0.0157. The molecule has 1 atom stereocenters. The Morgan fingerprint density at radius 2 is 1.81 bits per heavy atom. The van der Waals surface area contributed by atoms with Crippen molar-refractivity contribution < 1.29 is 4.74 Å². The number of para-hydroxylation sites is 1. The van der Waals surface area contributed by atoms with Crippen LogP contribution in [-0.4, -0.2) is 41.3 Å². The van der Waals surface area contributed by atoms with Crippen LogP contribution in [0.3, 0.4) is 0 Å². The van der Waals surface area contributed by atoms with Gasteiger partial charge in [-0.05, 0) is 44.2 Å². The number of aromatic nitrogens is 2. The van der Waals surface area contributed by atoms with E-state index in [9.17, 15) is 0 Å². The highest BCUT2D eigenvalue weighted by atomic mass is 16.5. The Morgan fingerprint density at radius 3 is 2.58 bits per heavy atom. The first-order valence-corrected chi connectivity index (χ1v) is 9.00. The monoisotopic (exact) mass is 348 g/mol. The number of nitrogens with zero attached hydrogens (tertiary/aromatic N) is 3. The number of hydrogen-bond acceptors (Lipinski definition) is 5. The number of anilines is 2. The Balaban J connectivity index is 1.68. The molecule has 4 rings (SSSR count). The number of hydrogen-bond donors (Lipinski definition) is 1. The average molecular weight is 348 g/mol. The molecule has 1 aromatic heterocycles. The molecule has 1 aliphatic rings. The van der Waals surface area contributed by atoms with Gasteiger partial charge in [-0.3, -0.25) is 9.97 Å². The Hall–Kier alpha value is -2.50. The van der Waals surface area contributed by atoms with E-state index in [0.29, 0.717) is 6.61 Å². The Kier molecular flexibility index (Phi) is 4.57. The molecule has 5 nitrogen and oxygen atoms in total. The predicted octanol–water partition coefficient (Wildman–Crippen LogP) is 3.53. The maximum atomic E-state index is 5.83. The van der Waals surface area contributed by atoms with Crippen molar-refractivity contribution in [2.45, 2.75) is 25.4 Å². The Morgan fingerprint density at radius 1 is 1.04 bits per heavy atom. The van der Waals surface area contributed by atoms with Gasteiger partial charge in [-0.1, -0.05) is 18.2 Å². The molecule has 1 N–H and O–H groups in total. The van der Waals surface area contributed by atoms with Gasteiger partial charge in [-0.25, -0.2) is 0 Å². The van der Waals surface area contributed by atoms with Crippen LogP contribution in [0.4, 0.5) is 11.4 Å². The van der Waals surface area contributed by atoms with Crippen molar-refractivity contribution >= 4 is 22.4 Å². The first kappa shape index (κ1) is 16.9. The van der Waals surface area contributed by atoms with E-state index in [1.54, 1.807) is 12.4 Å². The number of rotatable bonds is 4. The number of morpholine rings is 1. The molecule has 0 spiro atoms. The van der Waals surface area contributed by atoms with E-state index in [0.717, 1.165) is 35.6 Å². The predicted molar refractivity (Wildman–Crippen MR) is 105 cm³/mol. The summed E-state index contributed by atoms with van der Waals surface area (Å²) in [6.07, 6.45) is 3.46. The lowest BCUT2D eigenvalue weighted by atomic mass is 10.0. The third-order valence-corrected chi connectivity index (χ3v) is 4.61. The minimum atomic E-state index is -0.0138. The molecule has 0 radical (unpaired) electrons. The van der Waals surface area contributed by atoms with Gasteiger partial charge in [0.1, 0.15) is 0 Å². The number of fused-ring (bicyclic) bond motifs is 1. The molecule has 0 bridgehead atoms. The van der Waals surface area contributed by atoms with E-state index in [-0.39, 0.29) is 11.6 Å². The van der Waals surface area contributed by atoms with E-state index in [2.05, 4.69) is 70.4 Å². The van der Waals surface area contributed by atoms with Crippen LogP contribution in [0.15, 0.2) is 60.9 Å². The normalized spacial score (nSPS) is 19.4. The van der Waals surface area contributed by atoms with Gasteiger partial charge in [0.05, 0.1) is 24.2 Å². The zero-order valence-corrected chi connectivity index (χ0v) is 15.2. The second-order valence-corrected chi connectivity index (χ2v) is 7.42. The largest absolute Gasteiger partial charge is 0.378 e. The van der Waals surface area contributed by atoms with Gasteiger partial charge >= 0.3 is 0 Å². The van der Waals surface area contributed by atoms with Crippen LogP contribution < -0.4 is 10.2 Å². The van der Waals surface area contributed by atoms with Crippen molar-refractivity contribution in [1.29, 1.82) is 0 Å². The van der Waals surface area contributed by atoms with Crippen LogP contribution in [-0.2, 0) is 4.74 Å². The van der Waals surface area contributed by atoms with Crippen molar-refractivity contribution in [3.63, 3.8) is 0 Å². The van der Waals surface area contributed by atoms with Gasteiger partial charge in [0.25, 0.3) is 0 Å². The van der Waals surface area contributed by atoms with E-state index in [1.165, 1.54) is 0 Å². The second-order valence-electron chi connectivity index (χ2n) is 7.42. The highest BCUT2D eigenvalue weighted by Gasteiger charge is 2.29. The van der Waals surface area contributed by atoms with Crippen molar-refractivity contribution in [3.05, 3.63) is 60.9 Å². The van der Waals surface area contributed by atoms with Crippen molar-refractivity contribution in [2.75, 3.05) is 24.7 Å². The molecular formula is C21H24N4O. The SMILES string of the molecule is CC1(C)COCC(CN(c2ccccc2)c2ccc3nccnc3c2)N1. The van der Waals surface area contributed by atoms with Crippen molar-refractivity contribution in [2.24, 2.45) is 0 Å². The fourth-order valence-electron chi connectivity index (χ4n) is 3.50. The highest BCUT2D eigenvalue weighted by molar-refractivity contribution is 5.80. The summed E-state index contributed by atoms with van der Waals surface area (Å²) in [6.45, 7) is 6.62. The lowest BCUT2D eigenvalue weighted by Gasteiger charge is -2.39. The molecule has 2 aromatic carbocycles. The zero-order valence-electron chi connectivity index (χ0n) is 15.2. The van der Waals surface area contributed by atoms with Gasteiger partial charge in [-0.15, -0.1) is 0 Å². The fraction of sp³-hybridized carbons (Fsp3) is 0.333. The molecule has 1 fully saturated rings. The summed E-state index contributed by atoms with van der Waals surface area (Å²) < 4.78 is 5.83. The summed E-state index contributed by atoms with van der Waals surface area (Å²) in [6, 6.07) is 16.9. The molecule has 26 heavy (non-hydrogen) atoms. The van der Waals surface area contributed by atoms with E-state index < -0.39 is 0 Å². The standard InChI is InChI=1S/C21H24N4O/c1-21(2)15-26-14-16(24-21)13-25(17-6-4-3-5-7-17)18-8-9-19-20(12-18)23-11-10-22-19/h3-12,16,24H,13-15H2,1-2H3. The molecule has 0 saturated carbocycles. The van der Waals surface area contributed by atoms with Crippen molar-refractivity contribution in [3.8, 4) is 0 Å². The highest BCUT2D eigenvalue weighted by Crippen LogP contribution is 2.28. The summed E-state index contributed by atoms with van der Waals surface area (Å²) in [4.78, 5) is 11.2. The minimum Gasteiger partial charge on any atom is -0.378 e. The molecule has 5 heteroatoms. The molecule has 1 saturated heterocycles. The third kappa shape index (κ3) is 3.69. The van der Waals surface area contributed by atoms with E-state index in [4.69, 9.17) is 4.74 Å². The van der Waals surface area contributed by atoms with Crippen LogP contribution >= 0.6 is 0 Å². The number of ether oxygens (including phenoxy) is 1. The lowest BCUT2D eigenvalue weighted by Crippen LogP contribution is -2.58. The van der Waals surface area contributed by atoms with E-state index in [1.807, 2.05) is 12.1 Å². The molecular weight excluding hydrogens is 324 g/mol. The first-order valence-electron chi connectivity index (χ1n) is 9.00. The van der Waals surface area contributed by atoms with Crippen LogP contribution in [0.1, 0.15) is 13.8 Å². The molecule has 2 heterocycles. The maximum Gasteiger partial charge on any atom is 0.0907 e. The topological polar surface area (TPSA) is 50.3 Å². The van der Waals surface area contributed by atoms with Gasteiger partial charge in [0, 0.05) is 41.9 Å². The van der Waals surface area contributed by atoms with Gasteiger partial charge in [0.15, 0.2) is 0 Å². The fourth-order valence-corrected chi connectivity index (χ4v) is 3.50. The summed E-state index contributed by atoms with van der Waals surface area (Å²) in [5.74, 6) is 0. The minimum absolute atomic E-state index is 0.0138. The summed E-state index contributed by atoms with van der Waals surface area (Å²) in [5.41, 5.74) is 4.05. The summed E-state index contributed by atoms with van der Waals surface area (Å²) in [5, 5.41) is 3.71. The molecule has 0 amide bonds. The molecule has 1 aliphatic heterocycles. The number of nitrogens with one attached hydrogen (secondary N) is 1. The van der Waals surface area contributed by atoms with Crippen LogP contribution in [0, 0.1) is 0 Å². The number of benzene rings is 2. The van der Waals surface area contributed by atoms with Crippen LogP contribution in [0.2, 0.25) is 0 Å². The van der Waals surface area contributed by atoms with Crippen LogP contribution in [0.25, 0.3) is 11.0 Å². The molecule has 3 aromatic rings. The van der Waals surface area contributed by atoms with Gasteiger partial charge in [0.2, 0.25) is 0 Å². The van der Waals surface area contributed by atoms with Gasteiger partial charge in [-0.2, -0.15) is 0 Å². The Bertz CT molecular complexity index is 881. The van der Waals surface area contributed by atoms with Gasteiger partial charge < -0.3 is 15.0 Å². The smallest absolute Gasteiger partial charge is 0.0907 e. The summed E-state index contributed by atoms with van der Waals surface area (Å²) in [7, 11) is 0. The van der Waals surface area contributed by atoms with E-state index >= 15 is 0 Å². The van der Waals surface area contributed by atoms with Crippen molar-refractivity contribution in [1.82, 2.24) is 15.3 Å². The average Bonchev–Trinajstić information content (AvgIpc) is 2.66. The van der Waals surface area contributed by atoms with Crippen LogP contribution in [0.5, 0.6) is 0 Å². The second kappa shape index (κ2) is 7.02. The first-order chi connectivity index (χ1) is 12.6. The third-order valence-electron chi connectivity index (χ3n) is 4.61. The molecule has 1 unspecified atom stereocenters.